The van der Waals surface area contributed by atoms with Gasteiger partial charge in [0, 0.05) is 22.6 Å². The molecule has 4 rings (SSSR count). The van der Waals surface area contributed by atoms with Crippen LogP contribution in [0.25, 0.3) is 0 Å². The molecule has 6 heteroatoms. The molecule has 6 nitrogen and oxygen atoms in total. The second-order valence-corrected chi connectivity index (χ2v) is 6.15. The predicted molar refractivity (Wildman–Crippen MR) is 110 cm³/mol. The Hall–Kier alpha value is -3.80. The molecule has 1 unspecified atom stereocenters. The fourth-order valence-electron chi connectivity index (χ4n) is 3.08. The lowest BCUT2D eigenvalue weighted by Gasteiger charge is -2.31. The van der Waals surface area contributed by atoms with Crippen molar-refractivity contribution >= 4 is 35.1 Å². The Kier molecular flexibility index (Phi) is 4.45. The van der Waals surface area contributed by atoms with E-state index in [0.717, 1.165) is 22.6 Å². The molecule has 2 amide bonds. The summed E-state index contributed by atoms with van der Waals surface area (Å²) in [4.78, 5) is 17.9. The lowest BCUT2D eigenvalue weighted by atomic mass is 10.1. The van der Waals surface area contributed by atoms with Crippen LogP contribution in [0, 0.1) is 0 Å². The molecule has 4 N–H and O–H groups in total. The molecule has 0 spiro atoms. The van der Waals surface area contributed by atoms with Gasteiger partial charge in [0.25, 0.3) is 0 Å². The number of urea groups is 1. The van der Waals surface area contributed by atoms with Gasteiger partial charge in [-0.05, 0) is 36.4 Å². The number of carbonyl (C=O) groups excluding carboxylic acids is 1. The van der Waals surface area contributed by atoms with Gasteiger partial charge < -0.3 is 21.3 Å². The number of carbonyl (C=O) groups is 1. The molecule has 0 aromatic heterocycles. The summed E-state index contributed by atoms with van der Waals surface area (Å²) in [5.41, 5.74) is 9.80. The van der Waals surface area contributed by atoms with Crippen LogP contribution < -0.4 is 21.3 Å². The fourth-order valence-corrected chi connectivity index (χ4v) is 3.08. The lowest BCUT2D eigenvalue weighted by Crippen LogP contribution is -2.25. The van der Waals surface area contributed by atoms with E-state index >= 15 is 0 Å². The van der Waals surface area contributed by atoms with E-state index < -0.39 is 6.03 Å². The highest BCUT2D eigenvalue weighted by Crippen LogP contribution is 2.38. The summed E-state index contributed by atoms with van der Waals surface area (Å²) in [6, 6.07) is 25.0. The highest BCUT2D eigenvalue weighted by Gasteiger charge is 2.23. The van der Waals surface area contributed by atoms with Crippen molar-refractivity contribution in [3.63, 3.8) is 0 Å². The van der Waals surface area contributed by atoms with Crippen LogP contribution in [0.5, 0.6) is 0 Å². The van der Waals surface area contributed by atoms with E-state index in [-0.39, 0.29) is 6.17 Å². The lowest BCUT2D eigenvalue weighted by molar-refractivity contribution is 0.259. The number of nitrogens with one attached hydrogen (secondary N) is 2. The number of nitrogens with two attached hydrogens (primary N) is 1. The summed E-state index contributed by atoms with van der Waals surface area (Å²) in [6.45, 7) is 0. The largest absolute Gasteiger partial charge is 0.360 e. The molecule has 0 radical (unpaired) electrons. The number of hydrogen-bond acceptors (Lipinski definition) is 4. The molecule has 1 atom stereocenters. The third-order valence-corrected chi connectivity index (χ3v) is 4.29. The first-order valence-corrected chi connectivity index (χ1v) is 8.60. The first-order chi connectivity index (χ1) is 13.2. The number of fused-ring (bicyclic) bond motifs is 1. The van der Waals surface area contributed by atoms with Crippen LogP contribution in [0.4, 0.5) is 27.5 Å². The van der Waals surface area contributed by atoms with Crippen molar-refractivity contribution in [1.29, 1.82) is 0 Å². The maximum atomic E-state index is 11.3. The van der Waals surface area contributed by atoms with Crippen LogP contribution in [0.1, 0.15) is 11.7 Å². The standard InChI is InChI=1S/C21H19N5O/c22-21(27)25-16-11-12-18-19(13-16)26(17-9-5-2-6-10-17)14-23-20(18)24-15-7-3-1-4-8-15/h1-14,20,24H,(H3,22,25,27). The minimum absolute atomic E-state index is 0.231. The van der Waals surface area contributed by atoms with Crippen molar-refractivity contribution in [3.05, 3.63) is 84.4 Å². The molecular formula is C21H19N5O. The Balaban J connectivity index is 1.74. The molecule has 134 valence electrons. The minimum atomic E-state index is -0.593. The van der Waals surface area contributed by atoms with Gasteiger partial charge in [0.05, 0.1) is 12.0 Å². The van der Waals surface area contributed by atoms with Gasteiger partial charge in [-0.3, -0.25) is 0 Å². The van der Waals surface area contributed by atoms with Gasteiger partial charge >= 0.3 is 6.03 Å². The summed E-state index contributed by atoms with van der Waals surface area (Å²) in [5, 5.41) is 6.07. The first-order valence-electron chi connectivity index (χ1n) is 8.60. The Morgan fingerprint density at radius 3 is 2.33 bits per heavy atom. The van der Waals surface area contributed by atoms with E-state index in [4.69, 9.17) is 10.7 Å². The summed E-state index contributed by atoms with van der Waals surface area (Å²) in [6.07, 6.45) is 1.57. The Labute approximate surface area is 157 Å². The molecule has 0 aliphatic carbocycles. The molecule has 0 bridgehead atoms. The number of benzene rings is 3. The first kappa shape index (κ1) is 16.7. The van der Waals surface area contributed by atoms with E-state index in [1.807, 2.05) is 83.8 Å². The number of rotatable bonds is 4. The van der Waals surface area contributed by atoms with E-state index in [2.05, 4.69) is 10.6 Å². The van der Waals surface area contributed by atoms with E-state index in [0.29, 0.717) is 5.69 Å². The van der Waals surface area contributed by atoms with Gasteiger partial charge in [0.2, 0.25) is 0 Å². The van der Waals surface area contributed by atoms with Crippen molar-refractivity contribution in [2.45, 2.75) is 6.17 Å². The van der Waals surface area contributed by atoms with Crippen LogP contribution in [0.15, 0.2) is 83.9 Å². The van der Waals surface area contributed by atoms with Crippen LogP contribution in [-0.4, -0.2) is 12.4 Å². The molecule has 1 aliphatic heterocycles. The zero-order valence-corrected chi connectivity index (χ0v) is 14.5. The maximum Gasteiger partial charge on any atom is 0.316 e. The molecule has 1 heterocycles. The number of aliphatic imine (C=N–C) groups is 1. The number of primary amides is 1. The molecule has 3 aromatic rings. The summed E-state index contributed by atoms with van der Waals surface area (Å²) < 4.78 is 0. The highest BCUT2D eigenvalue weighted by molar-refractivity contribution is 5.95. The normalized spacial score (nSPS) is 15.1. The minimum Gasteiger partial charge on any atom is -0.360 e. The van der Waals surface area contributed by atoms with E-state index in [1.165, 1.54) is 0 Å². The Morgan fingerprint density at radius 2 is 1.63 bits per heavy atom. The smallest absolute Gasteiger partial charge is 0.316 e. The van der Waals surface area contributed by atoms with Crippen molar-refractivity contribution in [1.82, 2.24) is 0 Å². The van der Waals surface area contributed by atoms with Gasteiger partial charge in [-0.2, -0.15) is 0 Å². The Morgan fingerprint density at radius 1 is 0.926 bits per heavy atom. The van der Waals surface area contributed by atoms with Crippen molar-refractivity contribution in [2.24, 2.45) is 10.7 Å². The third kappa shape index (κ3) is 3.59. The molecule has 0 saturated carbocycles. The average Bonchev–Trinajstić information content (AvgIpc) is 2.69. The zero-order valence-electron chi connectivity index (χ0n) is 14.5. The molecule has 3 aromatic carbocycles. The third-order valence-electron chi connectivity index (χ3n) is 4.29. The maximum absolute atomic E-state index is 11.3. The number of nitrogens with zero attached hydrogens (tertiary/aromatic N) is 2. The van der Waals surface area contributed by atoms with Gasteiger partial charge in [0.15, 0.2) is 0 Å². The molecular weight excluding hydrogens is 338 g/mol. The second-order valence-electron chi connectivity index (χ2n) is 6.15. The van der Waals surface area contributed by atoms with Crippen LogP contribution in [0.3, 0.4) is 0 Å². The Bertz CT molecular complexity index is 972. The van der Waals surface area contributed by atoms with Gasteiger partial charge in [-0.15, -0.1) is 0 Å². The zero-order chi connectivity index (χ0) is 18.6. The van der Waals surface area contributed by atoms with Crippen LogP contribution >= 0.6 is 0 Å². The number of amides is 2. The van der Waals surface area contributed by atoms with Crippen LogP contribution in [0.2, 0.25) is 0 Å². The summed E-state index contributed by atoms with van der Waals surface area (Å²) >= 11 is 0. The average molecular weight is 357 g/mol. The SMILES string of the molecule is NC(=O)Nc1ccc2c(c1)N(c1ccccc1)C=NC2Nc1ccccc1. The molecule has 1 aliphatic rings. The number of para-hydroxylation sites is 2. The van der Waals surface area contributed by atoms with Crippen molar-refractivity contribution in [2.75, 3.05) is 15.5 Å². The monoisotopic (exact) mass is 357 g/mol. The molecule has 0 fully saturated rings. The molecule has 0 saturated heterocycles. The highest BCUT2D eigenvalue weighted by atomic mass is 16.2. The van der Waals surface area contributed by atoms with Gasteiger partial charge in [-0.25, -0.2) is 9.79 Å². The summed E-state index contributed by atoms with van der Waals surface area (Å²) in [7, 11) is 0. The topological polar surface area (TPSA) is 82.8 Å². The second kappa shape index (κ2) is 7.21. The van der Waals surface area contributed by atoms with Crippen LogP contribution in [-0.2, 0) is 0 Å². The molecule has 27 heavy (non-hydrogen) atoms. The number of anilines is 4. The summed E-state index contributed by atoms with van der Waals surface area (Å²) in [5.74, 6) is 0. The fraction of sp³-hybridized carbons (Fsp3) is 0.0476. The number of hydrogen-bond donors (Lipinski definition) is 3. The van der Waals surface area contributed by atoms with E-state index in [1.54, 1.807) is 6.34 Å². The predicted octanol–water partition coefficient (Wildman–Crippen LogP) is 4.47. The van der Waals surface area contributed by atoms with E-state index in [9.17, 15) is 4.79 Å². The quantitative estimate of drug-likeness (QED) is 0.644. The van der Waals surface area contributed by atoms with Gasteiger partial charge in [-0.1, -0.05) is 42.5 Å². The van der Waals surface area contributed by atoms with Crippen molar-refractivity contribution in [3.8, 4) is 0 Å². The van der Waals surface area contributed by atoms with Crippen molar-refractivity contribution < 1.29 is 4.79 Å². The van der Waals surface area contributed by atoms with Gasteiger partial charge in [0.1, 0.15) is 6.17 Å².